The number of likely N-dealkylation sites (tertiary alicyclic amines) is 1. The van der Waals surface area contributed by atoms with Crippen LogP contribution in [-0.4, -0.2) is 34.9 Å². The lowest BCUT2D eigenvalue weighted by atomic mass is 10.1. The molecule has 1 aliphatic heterocycles. The van der Waals surface area contributed by atoms with Crippen LogP contribution in [0.2, 0.25) is 0 Å². The van der Waals surface area contributed by atoms with Gasteiger partial charge in [0.1, 0.15) is 11.6 Å². The number of anilines is 1. The van der Waals surface area contributed by atoms with Gasteiger partial charge in [-0.2, -0.15) is 5.10 Å². The molecule has 24 heavy (non-hydrogen) atoms. The highest BCUT2D eigenvalue weighted by molar-refractivity contribution is 5.41. The SMILES string of the molecule is COc1ccc(CNc2cc(C)n(C)n2)cc1CN1CCCCC1. The van der Waals surface area contributed by atoms with Gasteiger partial charge < -0.3 is 10.1 Å². The maximum atomic E-state index is 5.56. The van der Waals surface area contributed by atoms with Crippen LogP contribution in [0, 0.1) is 6.92 Å². The van der Waals surface area contributed by atoms with E-state index < -0.39 is 0 Å². The fraction of sp³-hybridized carbons (Fsp3) is 0.526. The van der Waals surface area contributed by atoms with E-state index in [2.05, 4.69) is 46.5 Å². The number of ether oxygens (including phenoxy) is 1. The zero-order valence-electron chi connectivity index (χ0n) is 15.0. The Bertz CT molecular complexity index is 655. The normalized spacial score (nSPS) is 15.5. The Morgan fingerprint density at radius 1 is 1.17 bits per heavy atom. The van der Waals surface area contributed by atoms with Crippen molar-refractivity contribution in [2.24, 2.45) is 7.05 Å². The zero-order valence-corrected chi connectivity index (χ0v) is 15.0. The minimum atomic E-state index is 0.771. The number of piperidine rings is 1. The Kier molecular flexibility index (Phi) is 5.41. The van der Waals surface area contributed by atoms with E-state index in [9.17, 15) is 0 Å². The number of aromatic nitrogens is 2. The molecule has 2 heterocycles. The van der Waals surface area contributed by atoms with Gasteiger partial charge in [-0.05, 0) is 50.6 Å². The summed E-state index contributed by atoms with van der Waals surface area (Å²) in [5, 5.41) is 7.85. The zero-order chi connectivity index (χ0) is 16.9. The highest BCUT2D eigenvalue weighted by Crippen LogP contribution is 2.24. The van der Waals surface area contributed by atoms with E-state index in [1.165, 1.54) is 43.5 Å². The van der Waals surface area contributed by atoms with Crippen molar-refractivity contribution in [3.05, 3.63) is 41.1 Å². The Hall–Kier alpha value is -2.01. The summed E-state index contributed by atoms with van der Waals surface area (Å²) in [6.07, 6.45) is 3.98. The molecular formula is C19H28N4O. The van der Waals surface area contributed by atoms with Crippen LogP contribution in [0.5, 0.6) is 5.75 Å². The molecule has 0 aliphatic carbocycles. The molecule has 1 aromatic carbocycles. The number of benzene rings is 1. The fourth-order valence-electron chi connectivity index (χ4n) is 3.26. The van der Waals surface area contributed by atoms with Crippen LogP contribution in [0.25, 0.3) is 0 Å². The quantitative estimate of drug-likeness (QED) is 0.883. The first-order valence-corrected chi connectivity index (χ1v) is 8.78. The molecule has 5 heteroatoms. The Morgan fingerprint density at radius 2 is 1.96 bits per heavy atom. The minimum Gasteiger partial charge on any atom is -0.496 e. The summed E-state index contributed by atoms with van der Waals surface area (Å²) in [6, 6.07) is 8.54. The molecule has 1 N–H and O–H groups in total. The first-order chi connectivity index (χ1) is 11.7. The molecule has 130 valence electrons. The average Bonchev–Trinajstić information content (AvgIpc) is 2.92. The lowest BCUT2D eigenvalue weighted by molar-refractivity contribution is 0.218. The van der Waals surface area contributed by atoms with Gasteiger partial charge >= 0.3 is 0 Å². The molecule has 0 bridgehead atoms. The number of hydrogen-bond donors (Lipinski definition) is 1. The van der Waals surface area contributed by atoms with E-state index in [0.717, 1.165) is 30.4 Å². The summed E-state index contributed by atoms with van der Waals surface area (Å²) in [4.78, 5) is 2.53. The van der Waals surface area contributed by atoms with Crippen LogP contribution in [0.15, 0.2) is 24.3 Å². The lowest BCUT2D eigenvalue weighted by Crippen LogP contribution is -2.29. The van der Waals surface area contributed by atoms with Gasteiger partial charge in [-0.15, -0.1) is 0 Å². The summed E-state index contributed by atoms with van der Waals surface area (Å²) in [6.45, 7) is 6.19. The fourth-order valence-corrected chi connectivity index (χ4v) is 3.26. The molecule has 1 aromatic heterocycles. The molecule has 2 aromatic rings. The molecule has 5 nitrogen and oxygen atoms in total. The number of nitrogens with zero attached hydrogens (tertiary/aromatic N) is 3. The van der Waals surface area contributed by atoms with E-state index in [0.29, 0.717) is 0 Å². The van der Waals surface area contributed by atoms with Crippen LogP contribution < -0.4 is 10.1 Å². The van der Waals surface area contributed by atoms with Crippen LogP contribution in [-0.2, 0) is 20.1 Å². The molecule has 3 rings (SSSR count). The van der Waals surface area contributed by atoms with Crippen LogP contribution in [0.3, 0.4) is 0 Å². The Balaban J connectivity index is 1.68. The van der Waals surface area contributed by atoms with Crippen molar-refractivity contribution in [3.63, 3.8) is 0 Å². The minimum absolute atomic E-state index is 0.771. The van der Waals surface area contributed by atoms with Gasteiger partial charge in [0, 0.05) is 37.5 Å². The number of hydrogen-bond acceptors (Lipinski definition) is 4. The molecule has 0 amide bonds. The number of nitrogens with one attached hydrogen (secondary N) is 1. The summed E-state index contributed by atoms with van der Waals surface area (Å²) in [7, 11) is 3.72. The lowest BCUT2D eigenvalue weighted by Gasteiger charge is -2.27. The van der Waals surface area contributed by atoms with Crippen molar-refractivity contribution < 1.29 is 4.74 Å². The van der Waals surface area contributed by atoms with Crippen molar-refractivity contribution in [2.75, 3.05) is 25.5 Å². The van der Waals surface area contributed by atoms with Gasteiger partial charge in [-0.25, -0.2) is 0 Å². The summed E-state index contributed by atoms with van der Waals surface area (Å²) >= 11 is 0. The van der Waals surface area contributed by atoms with Gasteiger partial charge in [-0.3, -0.25) is 9.58 Å². The van der Waals surface area contributed by atoms with Crippen molar-refractivity contribution in [3.8, 4) is 5.75 Å². The molecular weight excluding hydrogens is 300 g/mol. The van der Waals surface area contributed by atoms with Gasteiger partial charge in [0.2, 0.25) is 0 Å². The second kappa shape index (κ2) is 7.71. The van der Waals surface area contributed by atoms with E-state index in [4.69, 9.17) is 4.74 Å². The molecule has 0 unspecified atom stereocenters. The molecule has 0 spiro atoms. The van der Waals surface area contributed by atoms with Gasteiger partial charge in [0.15, 0.2) is 0 Å². The number of methoxy groups -OCH3 is 1. The second-order valence-electron chi connectivity index (χ2n) is 6.63. The average molecular weight is 328 g/mol. The smallest absolute Gasteiger partial charge is 0.148 e. The third kappa shape index (κ3) is 4.09. The third-order valence-electron chi connectivity index (χ3n) is 4.77. The Morgan fingerprint density at radius 3 is 2.62 bits per heavy atom. The van der Waals surface area contributed by atoms with E-state index in [-0.39, 0.29) is 0 Å². The Labute approximate surface area is 144 Å². The highest BCUT2D eigenvalue weighted by Gasteiger charge is 2.13. The topological polar surface area (TPSA) is 42.3 Å². The van der Waals surface area contributed by atoms with Crippen molar-refractivity contribution in [1.29, 1.82) is 0 Å². The number of rotatable bonds is 6. The largest absolute Gasteiger partial charge is 0.496 e. The van der Waals surface area contributed by atoms with E-state index in [1.54, 1.807) is 7.11 Å². The molecule has 0 radical (unpaired) electrons. The maximum absolute atomic E-state index is 5.56. The van der Waals surface area contributed by atoms with Crippen molar-refractivity contribution in [2.45, 2.75) is 39.3 Å². The number of aryl methyl sites for hydroxylation is 2. The molecule has 1 fully saturated rings. The van der Waals surface area contributed by atoms with Crippen LogP contribution in [0.1, 0.15) is 36.1 Å². The van der Waals surface area contributed by atoms with Crippen LogP contribution in [0.4, 0.5) is 5.82 Å². The van der Waals surface area contributed by atoms with Crippen LogP contribution >= 0.6 is 0 Å². The van der Waals surface area contributed by atoms with Gasteiger partial charge in [-0.1, -0.05) is 12.5 Å². The molecule has 0 saturated carbocycles. The van der Waals surface area contributed by atoms with Crippen molar-refractivity contribution >= 4 is 5.82 Å². The first-order valence-electron chi connectivity index (χ1n) is 8.78. The van der Waals surface area contributed by atoms with Gasteiger partial charge in [0.25, 0.3) is 0 Å². The summed E-state index contributed by atoms with van der Waals surface area (Å²) < 4.78 is 7.45. The molecule has 0 atom stereocenters. The molecule has 1 saturated heterocycles. The predicted octanol–water partition coefficient (Wildman–Crippen LogP) is 3.34. The van der Waals surface area contributed by atoms with E-state index >= 15 is 0 Å². The van der Waals surface area contributed by atoms with Gasteiger partial charge in [0.05, 0.1) is 7.11 Å². The third-order valence-corrected chi connectivity index (χ3v) is 4.77. The monoisotopic (exact) mass is 328 g/mol. The maximum Gasteiger partial charge on any atom is 0.148 e. The first kappa shape index (κ1) is 16.8. The summed E-state index contributed by atoms with van der Waals surface area (Å²) in [5.74, 6) is 1.90. The van der Waals surface area contributed by atoms with E-state index in [1.807, 2.05) is 11.7 Å². The predicted molar refractivity (Wildman–Crippen MR) is 97.4 cm³/mol. The highest BCUT2D eigenvalue weighted by atomic mass is 16.5. The standard InChI is InChI=1S/C19H28N4O/c1-15-11-19(21-22(15)2)20-13-16-7-8-18(24-3)17(12-16)14-23-9-5-4-6-10-23/h7-8,11-12H,4-6,9-10,13-14H2,1-3H3,(H,20,21). The van der Waals surface area contributed by atoms with Crippen molar-refractivity contribution in [1.82, 2.24) is 14.7 Å². The summed E-state index contributed by atoms with van der Waals surface area (Å²) in [5.41, 5.74) is 3.68. The second-order valence-corrected chi connectivity index (χ2v) is 6.63. The molecule has 1 aliphatic rings.